The lowest BCUT2D eigenvalue weighted by Crippen LogP contribution is -2.28. The Hall–Kier alpha value is -1.58. The maximum atomic E-state index is 12.0. The molecule has 0 fully saturated rings. The highest BCUT2D eigenvalue weighted by atomic mass is 16.2. The van der Waals surface area contributed by atoms with Crippen molar-refractivity contribution in [2.24, 2.45) is 0 Å². The summed E-state index contributed by atoms with van der Waals surface area (Å²) < 4.78 is 0. The number of nitrogens with zero attached hydrogens (tertiary/aromatic N) is 2. The standard InChI is InChI=1S/C13H21N3O/c1-4-7-14-11-6-8-15-12(10-11)13(17)16(3)9-5-2/h6,8,10H,4-5,7,9H2,1-3H3,(H,14,15). The average molecular weight is 235 g/mol. The van der Waals surface area contributed by atoms with Crippen LogP contribution in [-0.2, 0) is 0 Å². The van der Waals surface area contributed by atoms with Crippen LogP contribution in [0.2, 0.25) is 0 Å². The molecular weight excluding hydrogens is 214 g/mol. The van der Waals surface area contributed by atoms with Crippen LogP contribution in [0.15, 0.2) is 18.3 Å². The maximum Gasteiger partial charge on any atom is 0.272 e. The molecule has 0 saturated carbocycles. The zero-order valence-electron chi connectivity index (χ0n) is 10.9. The van der Waals surface area contributed by atoms with Gasteiger partial charge in [0.15, 0.2) is 0 Å². The molecule has 1 aromatic heterocycles. The van der Waals surface area contributed by atoms with Crippen molar-refractivity contribution in [1.29, 1.82) is 0 Å². The minimum Gasteiger partial charge on any atom is -0.385 e. The molecule has 0 bridgehead atoms. The SMILES string of the molecule is CCCNc1ccnc(C(=O)N(C)CCC)c1. The van der Waals surface area contributed by atoms with Crippen molar-refractivity contribution < 1.29 is 4.79 Å². The van der Waals surface area contributed by atoms with Crippen molar-refractivity contribution in [2.75, 3.05) is 25.5 Å². The number of anilines is 1. The Kier molecular flexibility index (Phi) is 5.46. The Morgan fingerprint density at radius 2 is 2.18 bits per heavy atom. The molecule has 0 unspecified atom stereocenters. The van der Waals surface area contributed by atoms with E-state index in [1.165, 1.54) is 0 Å². The molecule has 17 heavy (non-hydrogen) atoms. The van der Waals surface area contributed by atoms with Crippen LogP contribution in [0.1, 0.15) is 37.2 Å². The summed E-state index contributed by atoms with van der Waals surface area (Å²) in [5.74, 6) is -0.0213. The number of aromatic nitrogens is 1. The van der Waals surface area contributed by atoms with Crippen LogP contribution in [-0.4, -0.2) is 35.9 Å². The lowest BCUT2D eigenvalue weighted by molar-refractivity contribution is 0.0789. The largest absolute Gasteiger partial charge is 0.385 e. The smallest absolute Gasteiger partial charge is 0.272 e. The van der Waals surface area contributed by atoms with Crippen LogP contribution < -0.4 is 5.32 Å². The van der Waals surface area contributed by atoms with Crippen molar-refractivity contribution in [2.45, 2.75) is 26.7 Å². The quantitative estimate of drug-likeness (QED) is 0.823. The van der Waals surface area contributed by atoms with E-state index < -0.39 is 0 Å². The first-order valence-corrected chi connectivity index (χ1v) is 6.14. The van der Waals surface area contributed by atoms with Gasteiger partial charge in [-0.25, -0.2) is 0 Å². The van der Waals surface area contributed by atoms with Gasteiger partial charge in [0.05, 0.1) is 0 Å². The van der Waals surface area contributed by atoms with E-state index in [0.29, 0.717) is 5.69 Å². The summed E-state index contributed by atoms with van der Waals surface area (Å²) in [5.41, 5.74) is 1.46. The number of nitrogens with one attached hydrogen (secondary N) is 1. The van der Waals surface area contributed by atoms with E-state index >= 15 is 0 Å². The van der Waals surface area contributed by atoms with Crippen molar-refractivity contribution in [3.63, 3.8) is 0 Å². The van der Waals surface area contributed by atoms with Gasteiger partial charge in [-0.2, -0.15) is 0 Å². The maximum absolute atomic E-state index is 12.0. The topological polar surface area (TPSA) is 45.2 Å². The second kappa shape index (κ2) is 6.89. The second-order valence-corrected chi connectivity index (χ2v) is 4.08. The van der Waals surface area contributed by atoms with Crippen molar-refractivity contribution >= 4 is 11.6 Å². The highest BCUT2D eigenvalue weighted by Crippen LogP contribution is 2.09. The molecule has 0 spiro atoms. The lowest BCUT2D eigenvalue weighted by Gasteiger charge is -2.15. The molecule has 4 heteroatoms. The molecule has 0 aliphatic heterocycles. The second-order valence-electron chi connectivity index (χ2n) is 4.08. The van der Waals surface area contributed by atoms with Gasteiger partial charge in [0.25, 0.3) is 5.91 Å². The van der Waals surface area contributed by atoms with Crippen LogP contribution in [0, 0.1) is 0 Å². The van der Waals surface area contributed by atoms with E-state index in [9.17, 15) is 4.79 Å². The van der Waals surface area contributed by atoms with Crippen LogP contribution >= 0.6 is 0 Å². The van der Waals surface area contributed by atoms with Crippen LogP contribution in [0.5, 0.6) is 0 Å². The Bertz CT molecular complexity index is 365. The molecule has 94 valence electrons. The van der Waals surface area contributed by atoms with Gasteiger partial charge >= 0.3 is 0 Å². The molecule has 0 radical (unpaired) electrons. The molecule has 0 saturated heterocycles. The fourth-order valence-electron chi connectivity index (χ4n) is 1.56. The van der Waals surface area contributed by atoms with Gasteiger partial charge in [-0.05, 0) is 25.0 Å². The molecule has 0 aliphatic carbocycles. The molecule has 0 atom stereocenters. The monoisotopic (exact) mass is 235 g/mol. The Morgan fingerprint density at radius 3 is 2.82 bits per heavy atom. The number of hydrogen-bond acceptors (Lipinski definition) is 3. The van der Waals surface area contributed by atoms with E-state index in [1.807, 2.05) is 12.1 Å². The summed E-state index contributed by atoms with van der Waals surface area (Å²) in [4.78, 5) is 17.8. The normalized spacial score (nSPS) is 10.1. The zero-order chi connectivity index (χ0) is 12.7. The van der Waals surface area contributed by atoms with E-state index in [4.69, 9.17) is 0 Å². The zero-order valence-corrected chi connectivity index (χ0v) is 10.9. The van der Waals surface area contributed by atoms with Crippen LogP contribution in [0.4, 0.5) is 5.69 Å². The number of hydrogen-bond donors (Lipinski definition) is 1. The molecule has 1 N–H and O–H groups in total. The first-order chi connectivity index (χ1) is 8.19. The van der Waals surface area contributed by atoms with E-state index in [-0.39, 0.29) is 5.91 Å². The molecule has 1 heterocycles. The summed E-state index contributed by atoms with van der Waals surface area (Å²) in [6.07, 6.45) is 3.68. The number of amides is 1. The summed E-state index contributed by atoms with van der Waals surface area (Å²) in [6, 6.07) is 3.69. The predicted molar refractivity (Wildman–Crippen MR) is 70.3 cm³/mol. The summed E-state index contributed by atoms with van der Waals surface area (Å²) in [6.45, 7) is 5.82. The average Bonchev–Trinajstić information content (AvgIpc) is 2.36. The van der Waals surface area contributed by atoms with E-state index in [2.05, 4.69) is 24.1 Å². The van der Waals surface area contributed by atoms with Crippen molar-refractivity contribution in [3.8, 4) is 0 Å². The summed E-state index contributed by atoms with van der Waals surface area (Å²) in [5, 5.41) is 3.25. The molecule has 1 aromatic rings. The molecule has 1 amide bonds. The van der Waals surface area contributed by atoms with E-state index in [1.54, 1.807) is 18.1 Å². The third-order valence-electron chi connectivity index (χ3n) is 2.46. The number of pyridine rings is 1. The van der Waals surface area contributed by atoms with Gasteiger partial charge in [-0.1, -0.05) is 13.8 Å². The number of carbonyl (C=O) groups excluding carboxylic acids is 1. The van der Waals surface area contributed by atoms with Crippen molar-refractivity contribution in [3.05, 3.63) is 24.0 Å². The van der Waals surface area contributed by atoms with Gasteiger partial charge in [-0.15, -0.1) is 0 Å². The van der Waals surface area contributed by atoms with Gasteiger partial charge in [0.2, 0.25) is 0 Å². The number of rotatable bonds is 6. The van der Waals surface area contributed by atoms with Crippen LogP contribution in [0.3, 0.4) is 0 Å². The Balaban J connectivity index is 2.73. The fourth-order valence-corrected chi connectivity index (χ4v) is 1.56. The molecule has 1 rings (SSSR count). The summed E-state index contributed by atoms with van der Waals surface area (Å²) >= 11 is 0. The number of carbonyl (C=O) groups is 1. The first-order valence-electron chi connectivity index (χ1n) is 6.14. The fraction of sp³-hybridized carbons (Fsp3) is 0.538. The first kappa shape index (κ1) is 13.5. The molecule has 4 nitrogen and oxygen atoms in total. The lowest BCUT2D eigenvalue weighted by atomic mass is 10.2. The van der Waals surface area contributed by atoms with Gasteiger partial charge in [0.1, 0.15) is 5.69 Å². The molecule has 0 aromatic carbocycles. The van der Waals surface area contributed by atoms with E-state index in [0.717, 1.165) is 31.6 Å². The predicted octanol–water partition coefficient (Wildman–Crippen LogP) is 2.39. The van der Waals surface area contributed by atoms with Gasteiger partial charge in [-0.3, -0.25) is 9.78 Å². The minimum absolute atomic E-state index is 0.0213. The van der Waals surface area contributed by atoms with Crippen molar-refractivity contribution in [1.82, 2.24) is 9.88 Å². The van der Waals surface area contributed by atoms with Crippen LogP contribution in [0.25, 0.3) is 0 Å². The Morgan fingerprint density at radius 1 is 1.41 bits per heavy atom. The third kappa shape index (κ3) is 4.06. The summed E-state index contributed by atoms with van der Waals surface area (Å²) in [7, 11) is 1.81. The Labute approximate surface area is 103 Å². The molecule has 0 aliphatic rings. The molecular formula is C13H21N3O. The third-order valence-corrected chi connectivity index (χ3v) is 2.46. The highest BCUT2D eigenvalue weighted by molar-refractivity contribution is 5.92. The van der Waals surface area contributed by atoms with Gasteiger partial charge in [0, 0.05) is 32.0 Å². The highest BCUT2D eigenvalue weighted by Gasteiger charge is 2.12. The minimum atomic E-state index is -0.0213. The van der Waals surface area contributed by atoms with Gasteiger partial charge < -0.3 is 10.2 Å².